The maximum absolute atomic E-state index is 14.4. The summed E-state index contributed by atoms with van der Waals surface area (Å²) in [5.74, 6) is -7.18. The van der Waals surface area contributed by atoms with Gasteiger partial charge < -0.3 is 15.4 Å². The molecule has 0 aliphatic carbocycles. The number of benzene rings is 2. The van der Waals surface area contributed by atoms with Crippen LogP contribution in [0.3, 0.4) is 0 Å². The summed E-state index contributed by atoms with van der Waals surface area (Å²) in [6, 6.07) is 4.51. The van der Waals surface area contributed by atoms with Gasteiger partial charge in [0.25, 0.3) is 0 Å². The lowest BCUT2D eigenvalue weighted by Crippen LogP contribution is -2.34. The van der Waals surface area contributed by atoms with Gasteiger partial charge in [-0.05, 0) is 56.7 Å². The molecule has 0 aliphatic rings. The Morgan fingerprint density at radius 3 is 2.24 bits per heavy atom. The van der Waals surface area contributed by atoms with Crippen LogP contribution in [-0.2, 0) is 32.2 Å². The van der Waals surface area contributed by atoms with E-state index in [1.807, 2.05) is 0 Å². The molecular weight excluding hydrogens is 645 g/mol. The van der Waals surface area contributed by atoms with Crippen molar-refractivity contribution in [3.8, 4) is 11.3 Å². The smallest absolute Gasteiger partial charge is 0.444 e. The van der Waals surface area contributed by atoms with Crippen molar-refractivity contribution in [2.24, 2.45) is 4.36 Å². The Kier molecular flexibility index (Phi) is 10.8. The second-order valence-electron chi connectivity index (χ2n) is 10.2. The first-order valence-electron chi connectivity index (χ1n) is 12.6. The van der Waals surface area contributed by atoms with Crippen LogP contribution in [0.4, 0.5) is 55.9 Å². The lowest BCUT2D eigenvalue weighted by molar-refractivity contribution is -0.169. The van der Waals surface area contributed by atoms with E-state index in [4.69, 9.17) is 4.74 Å². The van der Waals surface area contributed by atoms with Gasteiger partial charge in [0, 0.05) is 35.4 Å². The highest BCUT2D eigenvalue weighted by Crippen LogP contribution is 2.34. The minimum Gasteiger partial charge on any atom is -0.444 e. The highest BCUT2D eigenvalue weighted by molar-refractivity contribution is 7.86. The van der Waals surface area contributed by atoms with E-state index in [1.165, 1.54) is 0 Å². The molecule has 0 saturated carbocycles. The Labute approximate surface area is 252 Å². The van der Waals surface area contributed by atoms with Gasteiger partial charge >= 0.3 is 24.4 Å². The fourth-order valence-corrected chi connectivity index (χ4v) is 5.06. The average Bonchev–Trinajstić information content (AvgIpc) is 2.88. The summed E-state index contributed by atoms with van der Waals surface area (Å²) in [5.41, 5.74) is -3.84. The van der Waals surface area contributed by atoms with Gasteiger partial charge in [-0.2, -0.15) is 30.7 Å². The highest BCUT2D eigenvalue weighted by Gasteiger charge is 2.39. The molecule has 0 fully saturated rings. The Morgan fingerprint density at radius 2 is 1.64 bits per heavy atom. The Morgan fingerprint density at radius 1 is 0.956 bits per heavy atom. The van der Waals surface area contributed by atoms with Crippen molar-refractivity contribution in [1.29, 1.82) is 0 Å². The summed E-state index contributed by atoms with van der Waals surface area (Å²) in [7, 11) is -1.88. The Balaban J connectivity index is 1.95. The topological polar surface area (TPSA) is 106 Å². The number of hydrogen-bond acceptors (Lipinski definition) is 6. The SMILES string of the molecule is CC(C)(C)OC(=O)NCCS(Cc1cc(Nc2ncc(F)c(-c3ccc(F)cc3F)n2)cc(C(F)(F)F)c1)=NC(=O)C(F)(F)F. The standard InChI is InChI=1S/C27H24F9N5O3S/c1-25(2,3)44-24(43)37-6-7-45(41-22(42)27(34,35)36)13-14-8-15(26(31,32)33)10-17(9-14)39-23-38-12-20(30)21(40-23)18-5-4-16(28)11-19(18)29/h4-5,8-12H,6-7,13H2,1-3H3,(H,37,43)(H,38,39,40). The molecule has 1 atom stereocenters. The van der Waals surface area contributed by atoms with E-state index < -0.39 is 86.6 Å². The van der Waals surface area contributed by atoms with Crippen LogP contribution < -0.4 is 10.6 Å². The van der Waals surface area contributed by atoms with Crippen molar-refractivity contribution in [1.82, 2.24) is 15.3 Å². The quantitative estimate of drug-likeness (QED) is 0.245. The summed E-state index contributed by atoms with van der Waals surface area (Å²) in [4.78, 5) is 30.9. The van der Waals surface area contributed by atoms with Crippen molar-refractivity contribution in [2.45, 2.75) is 44.5 Å². The maximum Gasteiger partial charge on any atom is 0.474 e. The minimum atomic E-state index is -5.36. The number of nitrogens with zero attached hydrogens (tertiary/aromatic N) is 3. The molecule has 244 valence electrons. The number of carbonyl (C=O) groups is 2. The zero-order valence-corrected chi connectivity index (χ0v) is 24.4. The minimum absolute atomic E-state index is 0.224. The molecule has 0 bridgehead atoms. The fourth-order valence-electron chi connectivity index (χ4n) is 3.53. The van der Waals surface area contributed by atoms with E-state index in [-0.39, 0.29) is 23.5 Å². The Bertz CT molecular complexity index is 1610. The molecule has 1 unspecified atom stereocenters. The van der Waals surface area contributed by atoms with Gasteiger partial charge in [0.05, 0.1) is 11.8 Å². The van der Waals surface area contributed by atoms with E-state index in [2.05, 4.69) is 25.0 Å². The van der Waals surface area contributed by atoms with E-state index in [0.29, 0.717) is 24.4 Å². The summed E-state index contributed by atoms with van der Waals surface area (Å²) in [6.45, 7) is 4.36. The molecule has 8 nitrogen and oxygen atoms in total. The molecule has 45 heavy (non-hydrogen) atoms. The van der Waals surface area contributed by atoms with E-state index in [9.17, 15) is 49.1 Å². The first-order valence-corrected chi connectivity index (χ1v) is 14.2. The molecule has 18 heteroatoms. The fraction of sp³-hybridized carbons (Fsp3) is 0.333. The van der Waals surface area contributed by atoms with Crippen LogP contribution >= 0.6 is 0 Å². The van der Waals surface area contributed by atoms with E-state index in [1.54, 1.807) is 20.8 Å². The number of rotatable bonds is 8. The zero-order valence-electron chi connectivity index (χ0n) is 23.5. The molecule has 1 heterocycles. The number of ether oxygens (including phenoxy) is 1. The predicted octanol–water partition coefficient (Wildman–Crippen LogP) is 7.24. The number of aromatic nitrogens is 2. The number of carbonyl (C=O) groups excluding carboxylic acids is 2. The molecule has 3 aromatic rings. The van der Waals surface area contributed by atoms with Crippen LogP contribution in [0.15, 0.2) is 47.0 Å². The second kappa shape index (κ2) is 13.8. The van der Waals surface area contributed by atoms with Gasteiger partial charge in [-0.15, -0.1) is 0 Å². The van der Waals surface area contributed by atoms with Crippen LogP contribution in [0.2, 0.25) is 0 Å². The molecule has 0 spiro atoms. The normalized spacial score (nSPS) is 13.0. The number of anilines is 2. The molecule has 0 radical (unpaired) electrons. The number of hydrogen-bond donors (Lipinski definition) is 2. The number of amides is 2. The lowest BCUT2D eigenvalue weighted by Gasteiger charge is -2.20. The number of alkyl halides is 6. The molecule has 0 saturated heterocycles. The third-order valence-electron chi connectivity index (χ3n) is 5.30. The Hall–Kier alpha value is -4.22. The zero-order chi connectivity index (χ0) is 33.7. The van der Waals surface area contributed by atoms with Crippen molar-refractivity contribution >= 4 is 34.3 Å². The second-order valence-corrected chi connectivity index (χ2v) is 12.0. The molecule has 3 rings (SSSR count). The van der Waals surface area contributed by atoms with Gasteiger partial charge in [-0.3, -0.25) is 4.79 Å². The molecular formula is C27H24F9N5O3S. The molecule has 2 aromatic carbocycles. The molecule has 2 amide bonds. The molecule has 2 N–H and O–H groups in total. The van der Waals surface area contributed by atoms with Gasteiger partial charge in [0.1, 0.15) is 22.9 Å². The maximum atomic E-state index is 14.4. The van der Waals surface area contributed by atoms with Crippen molar-refractivity contribution in [3.63, 3.8) is 0 Å². The third kappa shape index (κ3) is 10.7. The van der Waals surface area contributed by atoms with Gasteiger partial charge in [-0.25, -0.2) is 27.9 Å². The lowest BCUT2D eigenvalue weighted by atomic mass is 10.1. The largest absolute Gasteiger partial charge is 0.474 e. The predicted molar refractivity (Wildman–Crippen MR) is 146 cm³/mol. The number of alkyl carbamates (subject to hydrolysis) is 1. The summed E-state index contributed by atoms with van der Waals surface area (Å²) >= 11 is 0. The highest BCUT2D eigenvalue weighted by atomic mass is 32.2. The third-order valence-corrected chi connectivity index (χ3v) is 7.07. The first-order chi connectivity index (χ1) is 20.7. The van der Waals surface area contributed by atoms with Gasteiger partial charge in [0.2, 0.25) is 5.95 Å². The average molecular weight is 670 g/mol. The first kappa shape index (κ1) is 35.3. The van der Waals surface area contributed by atoms with E-state index >= 15 is 0 Å². The summed E-state index contributed by atoms with van der Waals surface area (Å²) < 4.78 is 130. The summed E-state index contributed by atoms with van der Waals surface area (Å²) in [5, 5.41) is 4.69. The monoisotopic (exact) mass is 669 g/mol. The van der Waals surface area contributed by atoms with Crippen molar-refractivity contribution in [3.05, 3.63) is 71.2 Å². The van der Waals surface area contributed by atoms with Crippen molar-refractivity contribution in [2.75, 3.05) is 17.6 Å². The van der Waals surface area contributed by atoms with Crippen LogP contribution in [0.25, 0.3) is 11.3 Å². The number of halogens is 9. The summed E-state index contributed by atoms with van der Waals surface area (Å²) in [6.07, 6.45) is -10.6. The number of nitrogens with one attached hydrogen (secondary N) is 2. The van der Waals surface area contributed by atoms with Gasteiger partial charge in [-0.1, -0.05) is 10.7 Å². The van der Waals surface area contributed by atoms with Crippen molar-refractivity contribution < 1.29 is 53.8 Å². The van der Waals surface area contributed by atoms with Crippen LogP contribution in [-0.4, -0.2) is 46.0 Å². The molecule has 0 aliphatic heterocycles. The van der Waals surface area contributed by atoms with E-state index in [0.717, 1.165) is 18.2 Å². The molecule has 1 aromatic heterocycles. The van der Waals surface area contributed by atoms with Crippen LogP contribution in [0.1, 0.15) is 31.9 Å². The van der Waals surface area contributed by atoms with Crippen LogP contribution in [0.5, 0.6) is 0 Å². The van der Waals surface area contributed by atoms with Gasteiger partial charge in [0.15, 0.2) is 5.82 Å². The van der Waals surface area contributed by atoms with Crippen LogP contribution in [0, 0.1) is 17.5 Å².